The van der Waals surface area contributed by atoms with Crippen molar-refractivity contribution in [2.45, 2.75) is 53.2 Å². The first kappa shape index (κ1) is 26.9. The van der Waals surface area contributed by atoms with Crippen molar-refractivity contribution in [3.05, 3.63) is 61.2 Å². The smallest absolute Gasteiger partial charge is 0.311 e. The fraction of sp³-hybridized carbons (Fsp3) is 0.519. The molecule has 9 heteroatoms. The molecule has 4 rings (SSSR count). The van der Waals surface area contributed by atoms with E-state index >= 15 is 0 Å². The van der Waals surface area contributed by atoms with Gasteiger partial charge in [0.15, 0.2) is 0 Å². The van der Waals surface area contributed by atoms with E-state index in [0.29, 0.717) is 25.9 Å². The SMILES string of the molecule is C=CCOC(=O)[C@H]1[C@H]2C(=O)N([C@@H](CC)CO)C(C(=O)N(CC=C)Cc3ccccc3)C23CC(Br)[C@@H]1S3. The van der Waals surface area contributed by atoms with Crippen LogP contribution in [-0.4, -0.2) is 79.4 Å². The summed E-state index contributed by atoms with van der Waals surface area (Å²) in [6, 6.07) is 8.37. The zero-order valence-electron chi connectivity index (χ0n) is 20.4. The van der Waals surface area contributed by atoms with E-state index in [4.69, 9.17) is 4.74 Å². The Morgan fingerprint density at radius 3 is 2.67 bits per heavy atom. The summed E-state index contributed by atoms with van der Waals surface area (Å²) in [5, 5.41) is 10.0. The lowest BCUT2D eigenvalue weighted by molar-refractivity contribution is -0.153. The summed E-state index contributed by atoms with van der Waals surface area (Å²) in [7, 11) is 0. The van der Waals surface area contributed by atoms with Gasteiger partial charge < -0.3 is 19.6 Å². The Kier molecular flexibility index (Phi) is 8.32. The fourth-order valence-electron chi connectivity index (χ4n) is 6.03. The Morgan fingerprint density at radius 2 is 2.06 bits per heavy atom. The standard InChI is InChI=1S/C27H33BrN2O5S/c1-4-12-29(15-17-10-8-7-9-11-17)25(33)23-27-14-19(28)22(36-27)20(26(34)35-13-5-2)21(27)24(32)30(23)18(6-3)16-31/h4-5,7-11,18-23,31H,1-2,6,12-16H2,3H3/t18-,19?,20-,21-,22-,23?,27?/m0/s1. The summed E-state index contributed by atoms with van der Waals surface area (Å²) < 4.78 is 4.63. The van der Waals surface area contributed by atoms with Crippen LogP contribution in [-0.2, 0) is 25.7 Å². The van der Waals surface area contributed by atoms with Gasteiger partial charge in [-0.25, -0.2) is 0 Å². The maximum absolute atomic E-state index is 14.4. The average Bonchev–Trinajstić information content (AvgIpc) is 3.47. The van der Waals surface area contributed by atoms with E-state index in [2.05, 4.69) is 29.1 Å². The molecule has 7 atom stereocenters. The molecule has 3 aliphatic heterocycles. The van der Waals surface area contributed by atoms with Crippen LogP contribution in [0.1, 0.15) is 25.3 Å². The molecule has 3 fully saturated rings. The highest BCUT2D eigenvalue weighted by Crippen LogP contribution is 2.68. The van der Waals surface area contributed by atoms with Crippen LogP contribution in [0.25, 0.3) is 0 Å². The van der Waals surface area contributed by atoms with Gasteiger partial charge in [-0.05, 0) is 18.4 Å². The number of esters is 1. The Morgan fingerprint density at radius 1 is 1.33 bits per heavy atom. The van der Waals surface area contributed by atoms with Gasteiger partial charge in [0, 0.05) is 23.2 Å². The van der Waals surface area contributed by atoms with E-state index in [-0.39, 0.29) is 35.1 Å². The van der Waals surface area contributed by atoms with Gasteiger partial charge in [-0.1, -0.05) is 71.9 Å². The van der Waals surface area contributed by atoms with Crippen LogP contribution in [0.5, 0.6) is 0 Å². The lowest BCUT2D eigenvalue weighted by Crippen LogP contribution is -2.57. The highest BCUT2D eigenvalue weighted by molar-refractivity contribution is 9.09. The van der Waals surface area contributed by atoms with Crippen molar-refractivity contribution in [1.82, 2.24) is 9.80 Å². The van der Waals surface area contributed by atoms with Crippen LogP contribution in [0.3, 0.4) is 0 Å². The summed E-state index contributed by atoms with van der Waals surface area (Å²) in [6.45, 7) is 9.85. The quantitative estimate of drug-likeness (QED) is 0.247. The first-order valence-corrected chi connectivity index (χ1v) is 14.1. The second-order valence-corrected chi connectivity index (χ2v) is 12.3. The Bertz CT molecular complexity index is 1020. The van der Waals surface area contributed by atoms with Gasteiger partial charge in [0.25, 0.3) is 0 Å². The third kappa shape index (κ3) is 4.43. The number of halogens is 1. The average molecular weight is 578 g/mol. The fourth-order valence-corrected chi connectivity index (χ4v) is 9.61. The number of amides is 2. The van der Waals surface area contributed by atoms with Crippen molar-refractivity contribution in [3.8, 4) is 0 Å². The maximum atomic E-state index is 14.4. The molecular formula is C27H33BrN2O5S. The molecule has 2 bridgehead atoms. The van der Waals surface area contributed by atoms with Gasteiger partial charge in [0.05, 0.1) is 29.2 Å². The monoisotopic (exact) mass is 576 g/mol. The molecule has 7 nitrogen and oxygen atoms in total. The van der Waals surface area contributed by atoms with Crippen LogP contribution in [0.15, 0.2) is 55.6 Å². The first-order valence-electron chi connectivity index (χ1n) is 12.3. The highest BCUT2D eigenvalue weighted by Gasteiger charge is 2.76. The molecule has 2 amide bonds. The largest absolute Gasteiger partial charge is 0.461 e. The van der Waals surface area contributed by atoms with Gasteiger partial charge in [0.1, 0.15) is 12.6 Å². The second-order valence-electron chi connectivity index (χ2n) is 9.57. The van der Waals surface area contributed by atoms with Gasteiger partial charge in [-0.3, -0.25) is 14.4 Å². The number of hydrogen-bond donors (Lipinski definition) is 1. The zero-order chi connectivity index (χ0) is 26.0. The third-order valence-corrected chi connectivity index (χ3v) is 10.7. The normalized spacial score (nSPS) is 31.1. The predicted octanol–water partition coefficient (Wildman–Crippen LogP) is 3.17. The van der Waals surface area contributed by atoms with Crippen molar-refractivity contribution in [2.24, 2.45) is 11.8 Å². The maximum Gasteiger partial charge on any atom is 0.311 e. The number of rotatable bonds is 11. The second kappa shape index (κ2) is 11.1. The van der Waals surface area contributed by atoms with Gasteiger partial charge in [-0.2, -0.15) is 0 Å². The first-order chi connectivity index (χ1) is 17.3. The molecule has 1 N–H and O–H groups in total. The minimum absolute atomic E-state index is 0.0424. The number of hydrogen-bond acceptors (Lipinski definition) is 6. The molecule has 3 saturated heterocycles. The molecule has 3 heterocycles. The number of aliphatic hydroxyl groups excluding tert-OH is 1. The van der Waals surface area contributed by atoms with E-state index < -0.39 is 34.6 Å². The van der Waals surface area contributed by atoms with E-state index in [0.717, 1.165) is 5.56 Å². The Balaban J connectivity index is 1.77. The van der Waals surface area contributed by atoms with Crippen molar-refractivity contribution in [1.29, 1.82) is 0 Å². The highest BCUT2D eigenvalue weighted by atomic mass is 79.9. The molecule has 194 valence electrons. The molecule has 0 aromatic heterocycles. The molecule has 1 spiro atoms. The number of fused-ring (bicyclic) bond motifs is 1. The summed E-state index contributed by atoms with van der Waals surface area (Å²) in [5.41, 5.74) is 0.972. The van der Waals surface area contributed by atoms with Crippen LogP contribution in [0.2, 0.25) is 0 Å². The van der Waals surface area contributed by atoms with Gasteiger partial charge in [-0.15, -0.1) is 18.3 Å². The number of benzene rings is 1. The summed E-state index contributed by atoms with van der Waals surface area (Å²) in [4.78, 5) is 44.8. The number of alkyl halides is 1. The lowest BCUT2D eigenvalue weighted by atomic mass is 9.71. The molecule has 1 aromatic carbocycles. The molecule has 0 aliphatic carbocycles. The topological polar surface area (TPSA) is 87.1 Å². The molecule has 3 aliphatic rings. The third-order valence-electron chi connectivity index (χ3n) is 7.53. The minimum Gasteiger partial charge on any atom is -0.461 e. The lowest BCUT2D eigenvalue weighted by Gasteiger charge is -2.39. The van der Waals surface area contributed by atoms with Crippen molar-refractivity contribution >= 4 is 45.5 Å². The number of carbonyl (C=O) groups is 3. The summed E-state index contributed by atoms with van der Waals surface area (Å²) in [5.74, 6) is -2.22. The van der Waals surface area contributed by atoms with Gasteiger partial charge in [0.2, 0.25) is 11.8 Å². The van der Waals surface area contributed by atoms with Gasteiger partial charge >= 0.3 is 5.97 Å². The van der Waals surface area contributed by atoms with Crippen LogP contribution in [0.4, 0.5) is 0 Å². The molecule has 3 unspecified atom stereocenters. The Labute approximate surface area is 225 Å². The number of carbonyl (C=O) groups excluding carboxylic acids is 3. The van der Waals surface area contributed by atoms with Crippen LogP contribution in [0, 0.1) is 11.8 Å². The van der Waals surface area contributed by atoms with E-state index in [9.17, 15) is 19.5 Å². The summed E-state index contributed by atoms with van der Waals surface area (Å²) >= 11 is 5.30. The molecule has 0 radical (unpaired) electrons. The van der Waals surface area contributed by atoms with Crippen molar-refractivity contribution < 1.29 is 24.2 Å². The van der Waals surface area contributed by atoms with Crippen LogP contribution >= 0.6 is 27.7 Å². The van der Waals surface area contributed by atoms with E-state index in [1.165, 1.54) is 6.08 Å². The molecule has 0 saturated carbocycles. The number of thioether (sulfide) groups is 1. The molecule has 36 heavy (non-hydrogen) atoms. The zero-order valence-corrected chi connectivity index (χ0v) is 22.8. The Hall–Kier alpha value is -2.10. The van der Waals surface area contributed by atoms with Crippen LogP contribution < -0.4 is 0 Å². The number of ether oxygens (including phenoxy) is 1. The summed E-state index contributed by atoms with van der Waals surface area (Å²) in [6.07, 6.45) is 4.26. The van der Waals surface area contributed by atoms with E-state index in [1.807, 2.05) is 37.3 Å². The van der Waals surface area contributed by atoms with Crippen molar-refractivity contribution in [2.75, 3.05) is 19.8 Å². The number of likely N-dealkylation sites (tertiary alicyclic amines) is 1. The number of nitrogens with zero attached hydrogens (tertiary/aromatic N) is 2. The molecular weight excluding hydrogens is 544 g/mol. The number of aliphatic hydroxyl groups is 1. The molecule has 1 aromatic rings. The minimum atomic E-state index is -0.803. The van der Waals surface area contributed by atoms with E-state index in [1.54, 1.807) is 27.6 Å². The predicted molar refractivity (Wildman–Crippen MR) is 143 cm³/mol. The van der Waals surface area contributed by atoms with Crippen molar-refractivity contribution in [3.63, 3.8) is 0 Å².